The Labute approximate surface area is 238 Å². The van der Waals surface area contributed by atoms with Crippen molar-refractivity contribution in [2.45, 2.75) is 13.3 Å². The summed E-state index contributed by atoms with van der Waals surface area (Å²) in [6, 6.07) is 43.1. The highest BCUT2D eigenvalue weighted by Gasteiger charge is 2.16. The van der Waals surface area contributed by atoms with Crippen LogP contribution < -0.4 is 0 Å². The maximum Gasteiger partial charge on any atom is 0.195 e. The summed E-state index contributed by atoms with van der Waals surface area (Å²) >= 11 is 0. The number of hydrogen-bond acceptors (Lipinski definition) is 5. The van der Waals surface area contributed by atoms with Crippen LogP contribution in [0.1, 0.15) is 12.8 Å². The van der Waals surface area contributed by atoms with Crippen LogP contribution >= 0.6 is 0 Å². The predicted octanol–water partition coefficient (Wildman–Crippen LogP) is 8.91. The Kier molecular flexibility index (Phi) is 6.38. The summed E-state index contributed by atoms with van der Waals surface area (Å²) in [4.78, 5) is 19.4. The summed E-state index contributed by atoms with van der Waals surface area (Å²) in [7, 11) is 0. The van der Waals surface area contributed by atoms with Crippen LogP contribution in [-0.4, -0.2) is 19.9 Å². The molecule has 5 nitrogen and oxygen atoms in total. The Hall–Kier alpha value is -5.42. The molecular formula is C36H26N4O. The number of rotatable bonds is 6. The molecule has 0 unspecified atom stereocenters. The van der Waals surface area contributed by atoms with E-state index in [0.717, 1.165) is 62.4 Å². The van der Waals surface area contributed by atoms with Crippen molar-refractivity contribution in [3.05, 3.63) is 133 Å². The highest BCUT2D eigenvalue weighted by atomic mass is 16.3. The zero-order chi connectivity index (χ0) is 27.6. The minimum atomic E-state index is 0.626. The van der Waals surface area contributed by atoms with E-state index in [-0.39, 0.29) is 0 Å². The second kappa shape index (κ2) is 10.6. The molecular weight excluding hydrogens is 504 g/mol. The van der Waals surface area contributed by atoms with E-state index in [0.29, 0.717) is 17.5 Å². The minimum absolute atomic E-state index is 0.626. The zero-order valence-electron chi connectivity index (χ0n) is 22.5. The molecule has 2 aromatic heterocycles. The predicted molar refractivity (Wildman–Crippen MR) is 164 cm³/mol. The van der Waals surface area contributed by atoms with Gasteiger partial charge in [-0.3, -0.25) is 0 Å². The molecule has 0 saturated heterocycles. The van der Waals surface area contributed by atoms with Crippen LogP contribution in [0.25, 0.3) is 67.5 Å². The molecule has 0 aliphatic rings. The number of nitrogens with zero attached hydrogens (tertiary/aromatic N) is 4. The minimum Gasteiger partial charge on any atom is -0.441 e. The van der Waals surface area contributed by atoms with E-state index >= 15 is 0 Å². The lowest BCUT2D eigenvalue weighted by Gasteiger charge is -2.14. The van der Waals surface area contributed by atoms with Gasteiger partial charge in [-0.25, -0.2) is 19.9 Å². The maximum absolute atomic E-state index is 5.86. The van der Waals surface area contributed by atoms with Gasteiger partial charge in [-0.1, -0.05) is 116 Å². The van der Waals surface area contributed by atoms with Gasteiger partial charge in [-0.05, 0) is 40.5 Å². The molecule has 0 bridgehead atoms. The molecule has 5 heteroatoms. The van der Waals surface area contributed by atoms with E-state index in [1.54, 1.807) is 0 Å². The molecule has 2 heterocycles. The molecule has 5 aromatic carbocycles. The van der Waals surface area contributed by atoms with Crippen LogP contribution in [0.2, 0.25) is 0 Å². The van der Waals surface area contributed by atoms with Crippen LogP contribution in [0, 0.1) is 0 Å². The number of benzene rings is 5. The molecule has 41 heavy (non-hydrogen) atoms. The fraction of sp³-hybridized carbons (Fsp3) is 0.0556. The normalized spacial score (nSPS) is 11.1. The van der Waals surface area contributed by atoms with Gasteiger partial charge in [-0.2, -0.15) is 0 Å². The first-order valence-electron chi connectivity index (χ1n) is 13.7. The Balaban J connectivity index is 1.41. The average molecular weight is 531 g/mol. The van der Waals surface area contributed by atoms with Gasteiger partial charge >= 0.3 is 0 Å². The Morgan fingerprint density at radius 1 is 0.463 bits per heavy atom. The van der Waals surface area contributed by atoms with Crippen molar-refractivity contribution in [1.29, 1.82) is 0 Å². The van der Waals surface area contributed by atoms with Gasteiger partial charge in [0.05, 0.1) is 0 Å². The van der Waals surface area contributed by atoms with Gasteiger partial charge in [0.2, 0.25) is 0 Å². The molecule has 196 valence electrons. The molecule has 7 aromatic rings. The van der Waals surface area contributed by atoms with E-state index in [2.05, 4.69) is 59.6 Å². The van der Waals surface area contributed by atoms with Crippen LogP contribution in [0.15, 0.2) is 132 Å². The third kappa shape index (κ3) is 4.90. The van der Waals surface area contributed by atoms with E-state index in [9.17, 15) is 0 Å². The van der Waals surface area contributed by atoms with E-state index in [1.807, 2.05) is 79.7 Å². The van der Waals surface area contributed by atoms with Crippen LogP contribution in [-0.2, 0) is 6.42 Å². The molecule has 0 spiro atoms. The van der Waals surface area contributed by atoms with Crippen molar-refractivity contribution >= 4 is 11.1 Å². The van der Waals surface area contributed by atoms with Gasteiger partial charge in [0.1, 0.15) is 5.52 Å². The standard InChI is InChI=1S/C36H26N4O/c1-2-33-37-31-23-27(19-21-32(31)41-33)29-20-18-28(22-30(29)24-12-6-3-7-13-24)36-39-34(25-14-8-4-9-15-25)38-35(40-36)26-16-10-5-11-17-26/h3-23H,2H2,1H3. The lowest BCUT2D eigenvalue weighted by atomic mass is 9.92. The average Bonchev–Trinajstić information content (AvgIpc) is 3.48. The van der Waals surface area contributed by atoms with E-state index in [4.69, 9.17) is 19.4 Å². The lowest BCUT2D eigenvalue weighted by molar-refractivity contribution is 0.538. The summed E-state index contributed by atoms with van der Waals surface area (Å²) < 4.78 is 5.86. The van der Waals surface area contributed by atoms with Gasteiger partial charge in [-0.15, -0.1) is 0 Å². The molecule has 0 aliphatic heterocycles. The summed E-state index contributed by atoms with van der Waals surface area (Å²) in [6.07, 6.45) is 0.760. The summed E-state index contributed by atoms with van der Waals surface area (Å²) in [5.41, 5.74) is 8.84. The van der Waals surface area contributed by atoms with Gasteiger partial charge in [0.15, 0.2) is 28.9 Å². The van der Waals surface area contributed by atoms with E-state index in [1.165, 1.54) is 0 Å². The fourth-order valence-corrected chi connectivity index (χ4v) is 5.02. The first-order chi connectivity index (χ1) is 20.2. The van der Waals surface area contributed by atoms with Crippen molar-refractivity contribution in [2.75, 3.05) is 0 Å². The van der Waals surface area contributed by atoms with Gasteiger partial charge in [0, 0.05) is 23.1 Å². The lowest BCUT2D eigenvalue weighted by Crippen LogP contribution is -2.00. The molecule has 0 saturated carbocycles. The molecule has 0 N–H and O–H groups in total. The molecule has 7 rings (SSSR count). The molecule has 0 radical (unpaired) electrons. The summed E-state index contributed by atoms with van der Waals surface area (Å²) in [5, 5.41) is 0. The smallest absolute Gasteiger partial charge is 0.195 e. The highest BCUT2D eigenvalue weighted by molar-refractivity contribution is 5.90. The van der Waals surface area contributed by atoms with Crippen LogP contribution in [0.3, 0.4) is 0 Å². The Morgan fingerprint density at radius 2 is 1.00 bits per heavy atom. The van der Waals surface area contributed by atoms with Gasteiger partial charge < -0.3 is 4.42 Å². The summed E-state index contributed by atoms with van der Waals surface area (Å²) in [6.45, 7) is 2.05. The molecule has 0 amide bonds. The van der Waals surface area contributed by atoms with E-state index < -0.39 is 0 Å². The van der Waals surface area contributed by atoms with Crippen molar-refractivity contribution in [1.82, 2.24) is 19.9 Å². The number of oxazole rings is 1. The summed E-state index contributed by atoms with van der Waals surface area (Å²) in [5.74, 6) is 2.65. The van der Waals surface area contributed by atoms with Crippen molar-refractivity contribution in [3.8, 4) is 56.4 Å². The quantitative estimate of drug-likeness (QED) is 0.215. The Morgan fingerprint density at radius 3 is 1.59 bits per heavy atom. The van der Waals surface area contributed by atoms with Crippen molar-refractivity contribution < 1.29 is 4.42 Å². The fourth-order valence-electron chi connectivity index (χ4n) is 5.02. The maximum atomic E-state index is 5.86. The second-order valence-electron chi connectivity index (χ2n) is 9.81. The largest absolute Gasteiger partial charge is 0.441 e. The number of aromatic nitrogens is 4. The third-order valence-electron chi connectivity index (χ3n) is 7.11. The number of hydrogen-bond donors (Lipinski definition) is 0. The van der Waals surface area contributed by atoms with Crippen molar-refractivity contribution in [3.63, 3.8) is 0 Å². The SMILES string of the molecule is CCc1nc2cc(-c3ccc(-c4nc(-c5ccccc5)nc(-c5ccccc5)n4)cc3-c3ccccc3)ccc2o1. The van der Waals surface area contributed by atoms with Crippen LogP contribution in [0.4, 0.5) is 0 Å². The monoisotopic (exact) mass is 530 g/mol. The third-order valence-corrected chi connectivity index (χ3v) is 7.11. The van der Waals surface area contributed by atoms with Crippen molar-refractivity contribution in [2.24, 2.45) is 0 Å². The Bertz CT molecular complexity index is 1910. The van der Waals surface area contributed by atoms with Crippen LogP contribution in [0.5, 0.6) is 0 Å². The molecule has 0 aliphatic carbocycles. The van der Waals surface area contributed by atoms with Gasteiger partial charge in [0.25, 0.3) is 0 Å². The first-order valence-corrected chi connectivity index (χ1v) is 13.7. The molecule has 0 fully saturated rings. The topological polar surface area (TPSA) is 64.7 Å². The number of fused-ring (bicyclic) bond motifs is 1. The highest BCUT2D eigenvalue weighted by Crippen LogP contribution is 2.37. The first kappa shape index (κ1) is 24.6. The molecule has 0 atom stereocenters. The zero-order valence-corrected chi connectivity index (χ0v) is 22.5. The second-order valence-corrected chi connectivity index (χ2v) is 9.81. The number of aryl methyl sites for hydroxylation is 1.